The summed E-state index contributed by atoms with van der Waals surface area (Å²) < 4.78 is 6.30. The molecule has 3 aromatic carbocycles. The lowest BCUT2D eigenvalue weighted by molar-refractivity contribution is -0.139. The molecule has 0 saturated carbocycles. The third-order valence-corrected chi connectivity index (χ3v) is 6.12. The molecule has 1 heterocycles. The van der Waals surface area contributed by atoms with Crippen molar-refractivity contribution in [3.63, 3.8) is 0 Å². The molecule has 0 aliphatic carbocycles. The molecule has 168 valence electrons. The lowest BCUT2D eigenvalue weighted by Gasteiger charge is -2.25. The van der Waals surface area contributed by atoms with Crippen LogP contribution in [0, 0.1) is 0 Å². The molecule has 0 bridgehead atoms. The molecule has 1 atom stereocenters. The molecule has 0 aromatic heterocycles. The van der Waals surface area contributed by atoms with E-state index in [1.807, 2.05) is 61.5 Å². The van der Waals surface area contributed by atoms with Gasteiger partial charge in [-0.3, -0.25) is 9.59 Å². The minimum Gasteiger partial charge on any atom is -0.507 e. The maximum absolute atomic E-state index is 13.1. The van der Waals surface area contributed by atoms with Crippen LogP contribution in [-0.2, 0) is 16.0 Å². The van der Waals surface area contributed by atoms with Gasteiger partial charge in [0.25, 0.3) is 11.7 Å². The topological polar surface area (TPSA) is 66.8 Å². The Hall–Kier alpha value is -3.38. The summed E-state index contributed by atoms with van der Waals surface area (Å²) in [6.07, 6.45) is 0.599. The van der Waals surface area contributed by atoms with E-state index in [0.29, 0.717) is 30.9 Å². The fourth-order valence-electron chi connectivity index (χ4n) is 4.06. The molecule has 1 unspecified atom stereocenters. The summed E-state index contributed by atoms with van der Waals surface area (Å²) in [5.41, 5.74) is 2.37. The van der Waals surface area contributed by atoms with Crippen LogP contribution < -0.4 is 4.74 Å². The second-order valence-corrected chi connectivity index (χ2v) is 8.66. The predicted octanol–water partition coefficient (Wildman–Crippen LogP) is 5.51. The Morgan fingerprint density at radius 3 is 2.39 bits per heavy atom. The number of halogens is 1. The van der Waals surface area contributed by atoms with Gasteiger partial charge in [0, 0.05) is 16.6 Å². The van der Waals surface area contributed by atoms with Crippen molar-refractivity contribution in [2.75, 3.05) is 13.2 Å². The molecule has 1 N–H and O–H groups in total. The van der Waals surface area contributed by atoms with Crippen molar-refractivity contribution in [2.24, 2.45) is 0 Å². The van der Waals surface area contributed by atoms with Crippen molar-refractivity contribution in [3.05, 3.63) is 106 Å². The quantitative estimate of drug-likeness (QED) is 0.261. The van der Waals surface area contributed by atoms with Gasteiger partial charge in [0.15, 0.2) is 0 Å². The summed E-state index contributed by atoms with van der Waals surface area (Å²) in [5.74, 6) is -0.813. The standard InChI is InChI=1S/C27H24BrNO4/c1-2-33-22-13-11-19(12-14-22)25(30)23-24(20-9-6-10-21(28)17-20)29(27(32)26(23)31)16-15-18-7-4-3-5-8-18/h3-14,17,24,30H,2,15-16H2,1H3. The van der Waals surface area contributed by atoms with E-state index >= 15 is 0 Å². The minimum absolute atomic E-state index is 0.0929. The molecule has 3 aromatic rings. The molecule has 1 aliphatic heterocycles. The number of aliphatic hydroxyl groups excluding tert-OH is 1. The molecule has 5 nitrogen and oxygen atoms in total. The number of hydrogen-bond donors (Lipinski definition) is 1. The molecule has 1 fully saturated rings. The Kier molecular flexibility index (Phi) is 6.94. The van der Waals surface area contributed by atoms with E-state index in [-0.39, 0.29) is 11.3 Å². The average molecular weight is 506 g/mol. The van der Waals surface area contributed by atoms with Gasteiger partial charge in [-0.25, -0.2) is 0 Å². The Balaban J connectivity index is 1.76. The Bertz CT molecular complexity index is 1190. The number of hydrogen-bond acceptors (Lipinski definition) is 4. The smallest absolute Gasteiger partial charge is 0.295 e. The normalized spacial score (nSPS) is 17.4. The van der Waals surface area contributed by atoms with Crippen LogP contribution >= 0.6 is 15.9 Å². The molecule has 1 aliphatic rings. The van der Waals surface area contributed by atoms with Crippen molar-refractivity contribution >= 4 is 33.4 Å². The van der Waals surface area contributed by atoms with Crippen LogP contribution in [0.25, 0.3) is 5.76 Å². The highest BCUT2D eigenvalue weighted by Crippen LogP contribution is 2.40. The summed E-state index contributed by atoms with van der Waals surface area (Å²) in [6.45, 7) is 2.77. The third-order valence-electron chi connectivity index (χ3n) is 5.63. The molecule has 4 rings (SSSR count). The van der Waals surface area contributed by atoms with Crippen molar-refractivity contribution < 1.29 is 19.4 Å². The number of amides is 1. The van der Waals surface area contributed by atoms with E-state index in [9.17, 15) is 14.7 Å². The highest BCUT2D eigenvalue weighted by molar-refractivity contribution is 9.10. The average Bonchev–Trinajstić information content (AvgIpc) is 3.08. The van der Waals surface area contributed by atoms with Crippen molar-refractivity contribution in [1.82, 2.24) is 4.90 Å². The van der Waals surface area contributed by atoms with Crippen LogP contribution in [0.2, 0.25) is 0 Å². The first kappa shape index (κ1) is 22.8. The molecule has 1 saturated heterocycles. The number of Topliss-reactive ketones (excluding diaryl/α,β-unsaturated/α-hetero) is 1. The van der Waals surface area contributed by atoms with E-state index in [1.54, 1.807) is 29.2 Å². The first-order valence-corrected chi connectivity index (χ1v) is 11.6. The number of aliphatic hydroxyl groups is 1. The molecule has 0 radical (unpaired) electrons. The molecule has 33 heavy (non-hydrogen) atoms. The molecule has 6 heteroatoms. The summed E-state index contributed by atoms with van der Waals surface area (Å²) in [6, 6.07) is 23.4. The lowest BCUT2D eigenvalue weighted by atomic mass is 9.95. The van der Waals surface area contributed by atoms with Crippen molar-refractivity contribution in [2.45, 2.75) is 19.4 Å². The zero-order chi connectivity index (χ0) is 23.4. The highest BCUT2D eigenvalue weighted by atomic mass is 79.9. The second kappa shape index (κ2) is 10.0. The van der Waals surface area contributed by atoms with Crippen LogP contribution in [0.4, 0.5) is 0 Å². The van der Waals surface area contributed by atoms with E-state index in [4.69, 9.17) is 4.74 Å². The summed E-state index contributed by atoms with van der Waals surface area (Å²) in [7, 11) is 0. The number of benzene rings is 3. The monoisotopic (exact) mass is 505 g/mol. The van der Waals surface area contributed by atoms with Crippen LogP contribution in [0.5, 0.6) is 5.75 Å². The van der Waals surface area contributed by atoms with E-state index < -0.39 is 17.7 Å². The first-order valence-electron chi connectivity index (χ1n) is 10.8. The fourth-order valence-corrected chi connectivity index (χ4v) is 4.48. The van der Waals surface area contributed by atoms with Gasteiger partial charge in [-0.1, -0.05) is 58.4 Å². The van der Waals surface area contributed by atoms with Gasteiger partial charge < -0.3 is 14.7 Å². The van der Waals surface area contributed by atoms with Gasteiger partial charge in [0.1, 0.15) is 11.5 Å². The number of rotatable bonds is 7. The fraction of sp³-hybridized carbons (Fsp3) is 0.185. The predicted molar refractivity (Wildman–Crippen MR) is 131 cm³/mol. The number of ketones is 1. The van der Waals surface area contributed by atoms with E-state index in [2.05, 4.69) is 15.9 Å². The molecular weight excluding hydrogens is 482 g/mol. The lowest BCUT2D eigenvalue weighted by Crippen LogP contribution is -2.31. The first-order chi connectivity index (χ1) is 16.0. The largest absolute Gasteiger partial charge is 0.507 e. The highest BCUT2D eigenvalue weighted by Gasteiger charge is 2.45. The molecule has 0 spiro atoms. The van der Waals surface area contributed by atoms with Crippen LogP contribution in [0.15, 0.2) is 88.9 Å². The van der Waals surface area contributed by atoms with Gasteiger partial charge in [-0.15, -0.1) is 0 Å². The number of likely N-dealkylation sites (tertiary alicyclic amines) is 1. The maximum Gasteiger partial charge on any atom is 0.295 e. The third kappa shape index (κ3) is 4.86. The zero-order valence-corrected chi connectivity index (χ0v) is 19.8. The SMILES string of the molecule is CCOc1ccc(C(O)=C2C(=O)C(=O)N(CCc3ccccc3)C2c2cccc(Br)c2)cc1. The Labute approximate surface area is 201 Å². The summed E-state index contributed by atoms with van der Waals surface area (Å²) >= 11 is 3.48. The van der Waals surface area contributed by atoms with Gasteiger partial charge >= 0.3 is 0 Å². The Morgan fingerprint density at radius 2 is 1.73 bits per heavy atom. The van der Waals surface area contributed by atoms with E-state index in [1.165, 1.54) is 0 Å². The zero-order valence-electron chi connectivity index (χ0n) is 18.2. The van der Waals surface area contributed by atoms with Crippen LogP contribution in [0.1, 0.15) is 29.7 Å². The molecule has 1 amide bonds. The van der Waals surface area contributed by atoms with Gasteiger partial charge in [0.05, 0.1) is 18.2 Å². The summed E-state index contributed by atoms with van der Waals surface area (Å²) in [5, 5.41) is 11.2. The Morgan fingerprint density at radius 1 is 1.00 bits per heavy atom. The number of nitrogens with zero attached hydrogens (tertiary/aromatic N) is 1. The number of carbonyl (C=O) groups excluding carboxylic acids is 2. The van der Waals surface area contributed by atoms with Gasteiger partial charge in [-0.05, 0) is 60.9 Å². The number of carbonyl (C=O) groups is 2. The van der Waals surface area contributed by atoms with Crippen LogP contribution in [0.3, 0.4) is 0 Å². The van der Waals surface area contributed by atoms with E-state index in [0.717, 1.165) is 15.6 Å². The summed E-state index contributed by atoms with van der Waals surface area (Å²) in [4.78, 5) is 27.8. The van der Waals surface area contributed by atoms with Crippen LogP contribution in [-0.4, -0.2) is 34.8 Å². The number of ether oxygens (including phenoxy) is 1. The van der Waals surface area contributed by atoms with Crippen molar-refractivity contribution in [3.8, 4) is 5.75 Å². The minimum atomic E-state index is -0.683. The van der Waals surface area contributed by atoms with Gasteiger partial charge in [0.2, 0.25) is 0 Å². The second-order valence-electron chi connectivity index (χ2n) is 7.74. The molecular formula is C27H24BrNO4. The van der Waals surface area contributed by atoms with Gasteiger partial charge in [-0.2, -0.15) is 0 Å². The van der Waals surface area contributed by atoms with Crippen molar-refractivity contribution in [1.29, 1.82) is 0 Å². The maximum atomic E-state index is 13.1.